The fraction of sp³-hybridized carbons (Fsp3) is 0.618. The maximum Gasteiger partial charge on any atom is 0.230 e. The zero-order chi connectivity index (χ0) is 29.1. The van der Waals surface area contributed by atoms with Crippen LogP contribution in [0.2, 0.25) is 18.1 Å². The van der Waals surface area contributed by atoms with Crippen molar-refractivity contribution in [1.29, 1.82) is 0 Å². The van der Waals surface area contributed by atoms with Crippen molar-refractivity contribution in [2.24, 2.45) is 11.8 Å². The van der Waals surface area contributed by atoms with E-state index in [2.05, 4.69) is 92.0 Å². The summed E-state index contributed by atoms with van der Waals surface area (Å²) >= 11 is 3.64. The normalized spacial score (nSPS) is 24.0. The zero-order valence-electron chi connectivity index (χ0n) is 25.8. The van der Waals surface area contributed by atoms with Gasteiger partial charge in [-0.2, -0.15) is 0 Å². The average Bonchev–Trinajstić information content (AvgIpc) is 2.91. The van der Waals surface area contributed by atoms with Crippen LogP contribution in [0.3, 0.4) is 0 Å². The van der Waals surface area contributed by atoms with Crippen molar-refractivity contribution in [2.75, 3.05) is 18.6 Å². The second kappa shape index (κ2) is 13.1. The van der Waals surface area contributed by atoms with Gasteiger partial charge in [0, 0.05) is 28.7 Å². The number of ether oxygens (including phenoxy) is 1. The summed E-state index contributed by atoms with van der Waals surface area (Å²) in [6, 6.07) is 14.9. The Hall–Kier alpha value is -1.63. The summed E-state index contributed by atoms with van der Waals surface area (Å²) in [5.74, 6) is 2.46. The summed E-state index contributed by atoms with van der Waals surface area (Å²) in [5.41, 5.74) is 3.65. The Morgan fingerprint density at radius 3 is 2.23 bits per heavy atom. The highest BCUT2D eigenvalue weighted by atomic mass is 79.9. The molecule has 0 aromatic heterocycles. The van der Waals surface area contributed by atoms with Crippen LogP contribution in [0.25, 0.3) is 0 Å². The summed E-state index contributed by atoms with van der Waals surface area (Å²) in [4.78, 5) is 16.2. The van der Waals surface area contributed by atoms with Crippen molar-refractivity contribution >= 4 is 35.8 Å². The van der Waals surface area contributed by atoms with Crippen molar-refractivity contribution in [3.63, 3.8) is 0 Å². The standard InChI is InChI=1S/C34H50BrNO3Si/c1-24-21-28(17-20-32(24)38-5)26-13-11-25(12-14-26)23-36(30-10-8-9-29(35)22-30)33(37)27-15-18-31(19-16-27)39-40(6,7)34(2,3)4/h8-10,17,20-22,25-27,31H,11-16,18-19,23H2,1-7H3/t25-,26-,27-,31-. The lowest BCUT2D eigenvalue weighted by molar-refractivity contribution is -0.124. The molecule has 0 radical (unpaired) electrons. The highest BCUT2D eigenvalue weighted by Crippen LogP contribution is 2.41. The minimum absolute atomic E-state index is 0.0804. The molecule has 40 heavy (non-hydrogen) atoms. The van der Waals surface area contributed by atoms with Crippen LogP contribution in [0.4, 0.5) is 5.69 Å². The molecule has 2 aromatic carbocycles. The van der Waals surface area contributed by atoms with E-state index in [1.165, 1.54) is 24.0 Å². The van der Waals surface area contributed by atoms with Gasteiger partial charge in [0.1, 0.15) is 5.75 Å². The Kier molecular flexibility index (Phi) is 10.3. The molecule has 1 amide bonds. The van der Waals surface area contributed by atoms with Crippen LogP contribution in [-0.2, 0) is 9.22 Å². The molecule has 0 spiro atoms. The largest absolute Gasteiger partial charge is 0.496 e. The van der Waals surface area contributed by atoms with Crippen LogP contribution in [0.1, 0.15) is 89.2 Å². The fourth-order valence-corrected chi connectivity index (χ4v) is 8.11. The topological polar surface area (TPSA) is 38.8 Å². The molecule has 0 atom stereocenters. The minimum atomic E-state index is -1.80. The van der Waals surface area contributed by atoms with E-state index in [-0.39, 0.29) is 11.0 Å². The van der Waals surface area contributed by atoms with Gasteiger partial charge in [-0.3, -0.25) is 4.79 Å². The van der Waals surface area contributed by atoms with Gasteiger partial charge in [0.15, 0.2) is 8.32 Å². The molecule has 6 heteroatoms. The number of amides is 1. The van der Waals surface area contributed by atoms with Crippen LogP contribution in [0.5, 0.6) is 5.75 Å². The molecule has 0 unspecified atom stereocenters. The third-order valence-corrected chi connectivity index (χ3v) is 14.9. The molecule has 2 aliphatic carbocycles. The van der Waals surface area contributed by atoms with Gasteiger partial charge in [-0.05, 0) is 124 Å². The summed E-state index contributed by atoms with van der Waals surface area (Å²) < 4.78 is 13.2. The number of carbonyl (C=O) groups is 1. The van der Waals surface area contributed by atoms with E-state index in [9.17, 15) is 4.79 Å². The van der Waals surface area contributed by atoms with Crippen LogP contribution >= 0.6 is 15.9 Å². The third kappa shape index (κ3) is 7.60. The van der Waals surface area contributed by atoms with Gasteiger partial charge in [0.25, 0.3) is 0 Å². The number of benzene rings is 2. The highest BCUT2D eigenvalue weighted by Gasteiger charge is 2.41. The summed E-state index contributed by atoms with van der Waals surface area (Å²) in [6.07, 6.45) is 8.77. The molecular weight excluding hydrogens is 578 g/mol. The van der Waals surface area contributed by atoms with Gasteiger partial charge in [-0.15, -0.1) is 0 Å². The van der Waals surface area contributed by atoms with Crippen molar-refractivity contribution in [3.8, 4) is 5.75 Å². The molecule has 4 rings (SSSR count). The smallest absolute Gasteiger partial charge is 0.230 e. The number of anilines is 1. The number of halogens is 1. The van der Waals surface area contributed by atoms with Gasteiger partial charge < -0.3 is 14.1 Å². The molecule has 0 aliphatic heterocycles. The second-order valence-corrected chi connectivity index (χ2v) is 19.4. The van der Waals surface area contributed by atoms with E-state index in [0.29, 0.717) is 23.8 Å². The number of aryl methyl sites for hydroxylation is 1. The Morgan fingerprint density at radius 1 is 0.975 bits per heavy atom. The highest BCUT2D eigenvalue weighted by molar-refractivity contribution is 9.10. The zero-order valence-corrected chi connectivity index (χ0v) is 28.4. The van der Waals surface area contributed by atoms with Crippen LogP contribution in [0, 0.1) is 18.8 Å². The molecule has 2 fully saturated rings. The molecule has 0 N–H and O–H groups in total. The maximum atomic E-state index is 14.1. The molecule has 2 saturated carbocycles. The van der Waals surface area contributed by atoms with E-state index in [1.807, 2.05) is 12.1 Å². The van der Waals surface area contributed by atoms with Crippen molar-refractivity contribution in [2.45, 2.75) is 109 Å². The third-order valence-electron chi connectivity index (χ3n) is 9.85. The molecule has 0 heterocycles. The average molecular weight is 629 g/mol. The minimum Gasteiger partial charge on any atom is -0.496 e. The van der Waals surface area contributed by atoms with E-state index >= 15 is 0 Å². The lowest BCUT2D eigenvalue weighted by Crippen LogP contribution is -2.46. The van der Waals surface area contributed by atoms with Crippen LogP contribution in [0.15, 0.2) is 46.9 Å². The number of hydrogen-bond acceptors (Lipinski definition) is 3. The number of rotatable bonds is 8. The van der Waals surface area contributed by atoms with Gasteiger partial charge in [-0.1, -0.05) is 54.9 Å². The molecule has 0 bridgehead atoms. The van der Waals surface area contributed by atoms with Crippen molar-refractivity contribution < 1.29 is 14.0 Å². The lowest BCUT2D eigenvalue weighted by Gasteiger charge is -2.41. The summed E-state index contributed by atoms with van der Waals surface area (Å²) in [6.45, 7) is 14.5. The Bertz CT molecular complexity index is 1140. The van der Waals surface area contributed by atoms with Crippen molar-refractivity contribution in [1.82, 2.24) is 0 Å². The van der Waals surface area contributed by atoms with Gasteiger partial charge in [0.05, 0.1) is 7.11 Å². The van der Waals surface area contributed by atoms with E-state index in [1.54, 1.807) is 7.11 Å². The number of methoxy groups -OCH3 is 1. The van der Waals surface area contributed by atoms with Gasteiger partial charge in [0.2, 0.25) is 5.91 Å². The Balaban J connectivity index is 1.40. The molecule has 2 aromatic rings. The SMILES string of the molecule is COc1ccc([C@H]2CC[C@H](CN(c3cccc(Br)c3)C(=O)[C@H]3CC[C@H](O[Si](C)(C)C(C)(C)C)CC3)CC2)cc1C. The quantitative estimate of drug-likeness (QED) is 0.273. The number of carbonyl (C=O) groups excluding carboxylic acids is 1. The first-order chi connectivity index (χ1) is 18.9. The first kappa shape index (κ1) is 31.3. The van der Waals surface area contributed by atoms with Crippen molar-refractivity contribution in [3.05, 3.63) is 58.1 Å². The van der Waals surface area contributed by atoms with Gasteiger partial charge >= 0.3 is 0 Å². The monoisotopic (exact) mass is 627 g/mol. The molecular formula is C34H50BrNO3Si. The number of hydrogen-bond donors (Lipinski definition) is 0. The maximum absolute atomic E-state index is 14.1. The first-order valence-corrected chi connectivity index (χ1v) is 19.0. The first-order valence-electron chi connectivity index (χ1n) is 15.3. The van der Waals surface area contributed by atoms with Gasteiger partial charge in [-0.25, -0.2) is 0 Å². The molecule has 0 saturated heterocycles. The second-order valence-electron chi connectivity index (χ2n) is 13.7. The lowest BCUT2D eigenvalue weighted by atomic mass is 9.78. The number of nitrogens with zero attached hydrogens (tertiary/aromatic N) is 1. The van der Waals surface area contributed by atoms with E-state index in [4.69, 9.17) is 9.16 Å². The predicted octanol–water partition coefficient (Wildman–Crippen LogP) is 9.65. The Labute approximate surface area is 252 Å². The Morgan fingerprint density at radius 2 is 1.65 bits per heavy atom. The van der Waals surface area contributed by atoms with Crippen LogP contribution < -0.4 is 9.64 Å². The fourth-order valence-electron chi connectivity index (χ4n) is 6.30. The van der Waals surface area contributed by atoms with Crippen LogP contribution in [-0.4, -0.2) is 34.0 Å². The molecule has 2 aliphatic rings. The summed E-state index contributed by atoms with van der Waals surface area (Å²) in [5, 5.41) is 0.211. The van der Waals surface area contributed by atoms with E-state index < -0.39 is 8.32 Å². The predicted molar refractivity (Wildman–Crippen MR) is 173 cm³/mol. The summed E-state index contributed by atoms with van der Waals surface area (Å²) in [7, 11) is -0.0605. The van der Waals surface area contributed by atoms with E-state index in [0.717, 1.165) is 61.0 Å². The molecule has 220 valence electrons. The molecule has 4 nitrogen and oxygen atoms in total.